The lowest BCUT2D eigenvalue weighted by molar-refractivity contribution is -0.0301. The summed E-state index contributed by atoms with van der Waals surface area (Å²) in [6.45, 7) is 0.826. The van der Waals surface area contributed by atoms with E-state index in [0.717, 1.165) is 19.3 Å². The Bertz CT molecular complexity index is 410. The highest BCUT2D eigenvalue weighted by molar-refractivity contribution is 6.33. The van der Waals surface area contributed by atoms with E-state index in [2.05, 4.69) is 0 Å². The number of carbonyl (C=O) groups excluding carboxylic acids is 1. The fourth-order valence-corrected chi connectivity index (χ4v) is 2.11. The van der Waals surface area contributed by atoms with Gasteiger partial charge in [0.05, 0.1) is 11.1 Å². The van der Waals surface area contributed by atoms with Gasteiger partial charge in [0, 0.05) is 6.61 Å². The third kappa shape index (κ3) is 3.21. The summed E-state index contributed by atoms with van der Waals surface area (Å²) in [5.74, 6) is -1.41. The van der Waals surface area contributed by atoms with Crippen LogP contribution in [0.5, 0.6) is 0 Å². The smallest absolute Gasteiger partial charge is 0.342 e. The van der Waals surface area contributed by atoms with E-state index in [1.807, 2.05) is 0 Å². The van der Waals surface area contributed by atoms with Crippen molar-refractivity contribution in [3.05, 3.63) is 34.6 Å². The van der Waals surface area contributed by atoms with Crippen LogP contribution >= 0.6 is 11.6 Å². The van der Waals surface area contributed by atoms with Gasteiger partial charge in [0.2, 0.25) is 0 Å². The number of benzene rings is 1. The monoisotopic (exact) mass is 272 g/mol. The third-order valence-electron chi connectivity index (χ3n) is 2.84. The van der Waals surface area contributed by atoms with Crippen LogP contribution in [0.4, 0.5) is 4.39 Å². The second kappa shape index (κ2) is 6.16. The lowest BCUT2D eigenvalue weighted by Crippen LogP contribution is -2.26. The highest BCUT2D eigenvalue weighted by Gasteiger charge is 2.20. The van der Waals surface area contributed by atoms with Crippen LogP contribution in [0.1, 0.15) is 29.6 Å². The van der Waals surface area contributed by atoms with Crippen LogP contribution in [0, 0.1) is 5.82 Å². The summed E-state index contributed by atoms with van der Waals surface area (Å²) < 4.78 is 23.9. The molecule has 1 aromatic rings. The molecule has 1 saturated heterocycles. The summed E-state index contributed by atoms with van der Waals surface area (Å²) in [7, 11) is 0. The first-order chi connectivity index (χ1) is 8.68. The van der Waals surface area contributed by atoms with Gasteiger partial charge in [0.15, 0.2) is 0 Å². The SMILES string of the molecule is O=C(OCC1CCCCO1)c1c(F)cccc1Cl. The lowest BCUT2D eigenvalue weighted by Gasteiger charge is -2.22. The van der Waals surface area contributed by atoms with Crippen LogP contribution in [0.3, 0.4) is 0 Å². The van der Waals surface area contributed by atoms with Crippen molar-refractivity contribution in [2.45, 2.75) is 25.4 Å². The molecule has 0 bridgehead atoms. The Kier molecular flexibility index (Phi) is 4.55. The molecule has 5 heteroatoms. The van der Waals surface area contributed by atoms with E-state index in [4.69, 9.17) is 21.1 Å². The van der Waals surface area contributed by atoms with Crippen LogP contribution in [-0.4, -0.2) is 25.3 Å². The largest absolute Gasteiger partial charge is 0.459 e. The number of halogens is 2. The van der Waals surface area contributed by atoms with E-state index < -0.39 is 11.8 Å². The molecular weight excluding hydrogens is 259 g/mol. The Labute approximate surface area is 110 Å². The van der Waals surface area contributed by atoms with E-state index in [-0.39, 0.29) is 23.3 Å². The summed E-state index contributed by atoms with van der Waals surface area (Å²) in [4.78, 5) is 11.7. The van der Waals surface area contributed by atoms with Gasteiger partial charge in [-0.25, -0.2) is 9.18 Å². The molecule has 1 unspecified atom stereocenters. The Hall–Kier alpha value is -1.13. The first kappa shape index (κ1) is 13.3. The average Bonchev–Trinajstić information content (AvgIpc) is 2.37. The Morgan fingerprint density at radius 2 is 2.33 bits per heavy atom. The zero-order chi connectivity index (χ0) is 13.0. The molecule has 1 aromatic carbocycles. The first-order valence-corrected chi connectivity index (χ1v) is 6.29. The third-order valence-corrected chi connectivity index (χ3v) is 3.16. The van der Waals surface area contributed by atoms with Gasteiger partial charge in [-0.1, -0.05) is 17.7 Å². The zero-order valence-corrected chi connectivity index (χ0v) is 10.6. The molecule has 0 amide bonds. The minimum atomic E-state index is -0.743. The number of hydrogen-bond acceptors (Lipinski definition) is 3. The molecule has 1 fully saturated rings. The van der Waals surface area contributed by atoms with Crippen LogP contribution in [0.15, 0.2) is 18.2 Å². The fraction of sp³-hybridized carbons (Fsp3) is 0.462. The molecule has 18 heavy (non-hydrogen) atoms. The summed E-state index contributed by atoms with van der Waals surface area (Å²) in [6.07, 6.45) is 2.86. The molecule has 1 atom stereocenters. The maximum Gasteiger partial charge on any atom is 0.342 e. The number of hydrogen-bond donors (Lipinski definition) is 0. The first-order valence-electron chi connectivity index (χ1n) is 5.91. The van der Waals surface area contributed by atoms with Crippen molar-refractivity contribution in [1.82, 2.24) is 0 Å². The quantitative estimate of drug-likeness (QED) is 0.793. The Balaban J connectivity index is 1.95. The second-order valence-corrected chi connectivity index (χ2v) is 4.59. The van der Waals surface area contributed by atoms with Gasteiger partial charge in [-0.05, 0) is 31.4 Å². The van der Waals surface area contributed by atoms with Crippen LogP contribution in [0.2, 0.25) is 5.02 Å². The lowest BCUT2D eigenvalue weighted by atomic mass is 10.1. The van der Waals surface area contributed by atoms with Crippen molar-refractivity contribution in [3.8, 4) is 0 Å². The summed E-state index contributed by atoms with van der Waals surface area (Å²) >= 11 is 5.77. The maximum atomic E-state index is 13.4. The molecule has 0 radical (unpaired) electrons. The van der Waals surface area contributed by atoms with Crippen molar-refractivity contribution in [1.29, 1.82) is 0 Å². The van der Waals surface area contributed by atoms with Gasteiger partial charge in [-0.15, -0.1) is 0 Å². The van der Waals surface area contributed by atoms with Crippen molar-refractivity contribution in [2.24, 2.45) is 0 Å². The minimum absolute atomic E-state index is 0.0598. The number of rotatable bonds is 3. The molecular formula is C13H14ClFO3. The van der Waals surface area contributed by atoms with Gasteiger partial charge < -0.3 is 9.47 Å². The summed E-state index contributed by atoms with van der Waals surface area (Å²) in [5, 5.41) is 0.0598. The molecule has 0 aliphatic carbocycles. The maximum absolute atomic E-state index is 13.4. The van der Waals surface area contributed by atoms with E-state index in [1.165, 1.54) is 18.2 Å². The second-order valence-electron chi connectivity index (χ2n) is 4.18. The molecule has 1 heterocycles. The molecule has 3 nitrogen and oxygen atoms in total. The highest BCUT2D eigenvalue weighted by atomic mass is 35.5. The Morgan fingerprint density at radius 1 is 1.50 bits per heavy atom. The topological polar surface area (TPSA) is 35.5 Å². The summed E-state index contributed by atoms with van der Waals surface area (Å²) in [5.41, 5.74) is -0.213. The van der Waals surface area contributed by atoms with Crippen LogP contribution in [-0.2, 0) is 9.47 Å². The predicted molar refractivity (Wildman–Crippen MR) is 65.3 cm³/mol. The van der Waals surface area contributed by atoms with Crippen molar-refractivity contribution in [3.63, 3.8) is 0 Å². The number of ether oxygens (including phenoxy) is 2. The van der Waals surface area contributed by atoms with E-state index >= 15 is 0 Å². The molecule has 0 saturated carbocycles. The average molecular weight is 273 g/mol. The van der Waals surface area contributed by atoms with Gasteiger partial charge >= 0.3 is 5.97 Å². The van der Waals surface area contributed by atoms with Crippen LogP contribution in [0.25, 0.3) is 0 Å². The van der Waals surface area contributed by atoms with Crippen molar-refractivity contribution >= 4 is 17.6 Å². The highest BCUT2D eigenvalue weighted by Crippen LogP contribution is 2.20. The molecule has 2 rings (SSSR count). The van der Waals surface area contributed by atoms with Gasteiger partial charge in [-0.3, -0.25) is 0 Å². The zero-order valence-electron chi connectivity index (χ0n) is 9.83. The normalized spacial score (nSPS) is 19.6. The Morgan fingerprint density at radius 3 is 3.00 bits per heavy atom. The summed E-state index contributed by atoms with van der Waals surface area (Å²) in [6, 6.07) is 4.08. The molecule has 0 spiro atoms. The number of esters is 1. The van der Waals surface area contributed by atoms with E-state index in [0.29, 0.717) is 6.61 Å². The molecule has 98 valence electrons. The van der Waals surface area contributed by atoms with Gasteiger partial charge in [0.1, 0.15) is 18.0 Å². The van der Waals surface area contributed by atoms with Crippen LogP contribution < -0.4 is 0 Å². The predicted octanol–water partition coefficient (Wildman–Crippen LogP) is 3.21. The van der Waals surface area contributed by atoms with Gasteiger partial charge in [0.25, 0.3) is 0 Å². The van der Waals surface area contributed by atoms with Gasteiger partial charge in [-0.2, -0.15) is 0 Å². The molecule has 0 aromatic heterocycles. The molecule has 1 aliphatic heterocycles. The molecule has 0 N–H and O–H groups in total. The standard InChI is InChI=1S/C13H14ClFO3/c14-10-5-3-6-11(15)12(10)13(16)18-8-9-4-1-2-7-17-9/h3,5-6,9H,1-2,4,7-8H2. The fourth-order valence-electron chi connectivity index (χ4n) is 1.87. The van der Waals surface area contributed by atoms with E-state index in [9.17, 15) is 9.18 Å². The molecule has 1 aliphatic rings. The van der Waals surface area contributed by atoms with E-state index in [1.54, 1.807) is 0 Å². The number of carbonyl (C=O) groups is 1. The minimum Gasteiger partial charge on any atom is -0.459 e. The van der Waals surface area contributed by atoms with Crippen molar-refractivity contribution < 1.29 is 18.7 Å². The van der Waals surface area contributed by atoms with Crippen molar-refractivity contribution in [2.75, 3.05) is 13.2 Å².